The van der Waals surface area contributed by atoms with E-state index in [9.17, 15) is 9.59 Å². The van der Waals surface area contributed by atoms with Crippen LogP contribution in [0.15, 0.2) is 83.5 Å². The van der Waals surface area contributed by atoms with Gasteiger partial charge in [0.25, 0.3) is 0 Å². The van der Waals surface area contributed by atoms with Gasteiger partial charge in [0.15, 0.2) is 0 Å². The van der Waals surface area contributed by atoms with E-state index in [1.54, 1.807) is 11.2 Å². The normalized spacial score (nSPS) is 10.8. The van der Waals surface area contributed by atoms with Crippen molar-refractivity contribution in [2.45, 2.75) is 19.5 Å². The van der Waals surface area contributed by atoms with Crippen LogP contribution in [-0.4, -0.2) is 29.8 Å². The maximum absolute atomic E-state index is 13.2. The molecular weight excluding hydrogens is 366 g/mol. The Kier molecular flexibility index (Phi) is 7.19. The third-order valence-electron chi connectivity index (χ3n) is 4.52. The number of carbonyl (C=O) groups excluding carboxylic acids is 2. The lowest BCUT2D eigenvalue weighted by atomic mass is 10.2. The lowest BCUT2D eigenvalue weighted by Crippen LogP contribution is -2.41. The summed E-state index contributed by atoms with van der Waals surface area (Å²) < 4.78 is 5.48. The molecule has 0 aliphatic rings. The van der Waals surface area contributed by atoms with Gasteiger partial charge in [0, 0.05) is 25.2 Å². The number of para-hydroxylation sites is 1. The molecule has 0 bridgehead atoms. The molecule has 0 saturated heterocycles. The van der Waals surface area contributed by atoms with Gasteiger partial charge in [-0.25, -0.2) is 0 Å². The maximum atomic E-state index is 13.2. The van der Waals surface area contributed by atoms with E-state index in [0.717, 1.165) is 17.0 Å². The van der Waals surface area contributed by atoms with Gasteiger partial charge in [-0.05, 0) is 29.8 Å². The molecule has 0 saturated carbocycles. The number of nitrogens with two attached hydrogens (primary N) is 1. The zero-order valence-electron chi connectivity index (χ0n) is 16.2. The standard InChI is InChI=1S/C23H25N3O3/c24-22(27)13-14-26(20-10-5-2-6-11-20)23(28)18-25(17-21-12-7-15-29-21)16-19-8-3-1-4-9-19/h1-12,15H,13-14,16-18H2,(H2,24,27). The molecule has 6 nitrogen and oxygen atoms in total. The molecule has 0 radical (unpaired) electrons. The van der Waals surface area contributed by atoms with Crippen molar-refractivity contribution in [3.05, 3.63) is 90.4 Å². The minimum absolute atomic E-state index is 0.0973. The number of rotatable bonds is 10. The summed E-state index contributed by atoms with van der Waals surface area (Å²) in [6, 6.07) is 23.0. The number of carbonyl (C=O) groups is 2. The molecule has 150 valence electrons. The van der Waals surface area contributed by atoms with Crippen molar-refractivity contribution in [3.8, 4) is 0 Å². The average molecular weight is 391 g/mol. The highest BCUT2D eigenvalue weighted by Crippen LogP contribution is 2.16. The Bertz CT molecular complexity index is 896. The first-order valence-electron chi connectivity index (χ1n) is 9.54. The fraction of sp³-hybridized carbons (Fsp3) is 0.217. The molecule has 29 heavy (non-hydrogen) atoms. The first-order chi connectivity index (χ1) is 14.1. The van der Waals surface area contributed by atoms with Crippen molar-refractivity contribution in [1.82, 2.24) is 4.90 Å². The fourth-order valence-electron chi connectivity index (χ4n) is 3.14. The van der Waals surface area contributed by atoms with Gasteiger partial charge in [0.1, 0.15) is 5.76 Å². The molecule has 2 amide bonds. The van der Waals surface area contributed by atoms with Crippen LogP contribution in [-0.2, 0) is 22.7 Å². The van der Waals surface area contributed by atoms with Crippen LogP contribution in [0.2, 0.25) is 0 Å². The first-order valence-corrected chi connectivity index (χ1v) is 9.54. The number of primary amides is 1. The lowest BCUT2D eigenvalue weighted by molar-refractivity contribution is -0.120. The smallest absolute Gasteiger partial charge is 0.241 e. The van der Waals surface area contributed by atoms with Gasteiger partial charge in [-0.15, -0.1) is 0 Å². The van der Waals surface area contributed by atoms with Crippen LogP contribution in [0.25, 0.3) is 0 Å². The molecular formula is C23H25N3O3. The van der Waals surface area contributed by atoms with E-state index >= 15 is 0 Å². The van der Waals surface area contributed by atoms with E-state index in [0.29, 0.717) is 13.1 Å². The van der Waals surface area contributed by atoms with E-state index in [4.69, 9.17) is 10.2 Å². The number of hydrogen-bond acceptors (Lipinski definition) is 4. The van der Waals surface area contributed by atoms with E-state index < -0.39 is 5.91 Å². The summed E-state index contributed by atoms with van der Waals surface area (Å²) in [5.41, 5.74) is 7.17. The third kappa shape index (κ3) is 6.33. The molecule has 2 N–H and O–H groups in total. The van der Waals surface area contributed by atoms with Crippen molar-refractivity contribution in [2.24, 2.45) is 5.73 Å². The summed E-state index contributed by atoms with van der Waals surface area (Å²) in [7, 11) is 0. The van der Waals surface area contributed by atoms with Crippen LogP contribution in [0.5, 0.6) is 0 Å². The molecule has 6 heteroatoms. The van der Waals surface area contributed by atoms with Crippen molar-refractivity contribution in [2.75, 3.05) is 18.0 Å². The Morgan fingerprint density at radius 1 is 0.862 bits per heavy atom. The topological polar surface area (TPSA) is 79.8 Å². The number of hydrogen-bond donors (Lipinski definition) is 1. The highest BCUT2D eigenvalue weighted by atomic mass is 16.3. The van der Waals surface area contributed by atoms with Crippen LogP contribution in [0.3, 0.4) is 0 Å². The van der Waals surface area contributed by atoms with Crippen LogP contribution in [0, 0.1) is 0 Å². The second kappa shape index (κ2) is 10.2. The summed E-state index contributed by atoms with van der Waals surface area (Å²) in [5.74, 6) is 0.257. The van der Waals surface area contributed by atoms with Gasteiger partial charge in [0.2, 0.25) is 11.8 Å². The van der Waals surface area contributed by atoms with Gasteiger partial charge in [0.05, 0.1) is 19.4 Å². The van der Waals surface area contributed by atoms with Crippen molar-refractivity contribution < 1.29 is 14.0 Å². The average Bonchev–Trinajstić information content (AvgIpc) is 3.22. The molecule has 0 fully saturated rings. The van der Waals surface area contributed by atoms with E-state index in [2.05, 4.69) is 0 Å². The Morgan fingerprint density at radius 2 is 1.55 bits per heavy atom. The fourth-order valence-corrected chi connectivity index (χ4v) is 3.14. The molecule has 2 aromatic carbocycles. The number of anilines is 1. The third-order valence-corrected chi connectivity index (χ3v) is 4.52. The van der Waals surface area contributed by atoms with Crippen LogP contribution in [0.4, 0.5) is 5.69 Å². The largest absolute Gasteiger partial charge is 0.468 e. The highest BCUT2D eigenvalue weighted by Gasteiger charge is 2.20. The van der Waals surface area contributed by atoms with Crippen LogP contribution in [0.1, 0.15) is 17.7 Å². The quantitative estimate of drug-likeness (QED) is 0.576. The molecule has 0 spiro atoms. The molecule has 3 rings (SSSR count). The molecule has 0 unspecified atom stereocenters. The Labute approximate surface area is 170 Å². The molecule has 0 aliphatic carbocycles. The molecule has 1 aromatic heterocycles. The van der Waals surface area contributed by atoms with Crippen LogP contribution < -0.4 is 10.6 Å². The van der Waals surface area contributed by atoms with Gasteiger partial charge < -0.3 is 15.1 Å². The Morgan fingerprint density at radius 3 is 2.17 bits per heavy atom. The number of nitrogens with zero attached hydrogens (tertiary/aromatic N) is 2. The maximum Gasteiger partial charge on any atom is 0.241 e. The highest BCUT2D eigenvalue weighted by molar-refractivity contribution is 5.95. The monoisotopic (exact) mass is 391 g/mol. The summed E-state index contributed by atoms with van der Waals surface area (Å²) in [6.45, 7) is 1.54. The number of benzene rings is 2. The van der Waals surface area contributed by atoms with E-state index in [1.165, 1.54) is 0 Å². The predicted molar refractivity (Wildman–Crippen MR) is 112 cm³/mol. The summed E-state index contributed by atoms with van der Waals surface area (Å²) in [4.78, 5) is 28.1. The Hall–Kier alpha value is -3.38. The van der Waals surface area contributed by atoms with Crippen LogP contribution >= 0.6 is 0 Å². The van der Waals surface area contributed by atoms with Gasteiger partial charge in [-0.2, -0.15) is 0 Å². The van der Waals surface area contributed by atoms with Gasteiger partial charge in [-0.1, -0.05) is 48.5 Å². The zero-order valence-corrected chi connectivity index (χ0v) is 16.2. The van der Waals surface area contributed by atoms with E-state index in [-0.39, 0.29) is 25.4 Å². The van der Waals surface area contributed by atoms with E-state index in [1.807, 2.05) is 77.7 Å². The lowest BCUT2D eigenvalue weighted by Gasteiger charge is -2.27. The minimum Gasteiger partial charge on any atom is -0.468 e. The summed E-state index contributed by atoms with van der Waals surface area (Å²) in [5, 5.41) is 0. The first kappa shape index (κ1) is 20.4. The zero-order chi connectivity index (χ0) is 20.5. The van der Waals surface area contributed by atoms with Gasteiger partial charge >= 0.3 is 0 Å². The number of amides is 2. The second-order valence-corrected chi connectivity index (χ2v) is 6.81. The second-order valence-electron chi connectivity index (χ2n) is 6.81. The molecule has 0 aliphatic heterocycles. The minimum atomic E-state index is -0.435. The van der Waals surface area contributed by atoms with Crippen molar-refractivity contribution in [3.63, 3.8) is 0 Å². The SMILES string of the molecule is NC(=O)CCN(C(=O)CN(Cc1ccccc1)Cc1ccco1)c1ccccc1. The summed E-state index contributed by atoms with van der Waals surface area (Å²) >= 11 is 0. The number of furan rings is 1. The van der Waals surface area contributed by atoms with Crippen molar-refractivity contribution >= 4 is 17.5 Å². The Balaban J connectivity index is 1.77. The molecule has 3 aromatic rings. The molecule has 0 atom stereocenters. The summed E-state index contributed by atoms with van der Waals surface area (Å²) in [6.07, 6.45) is 1.73. The van der Waals surface area contributed by atoms with Gasteiger partial charge in [-0.3, -0.25) is 14.5 Å². The molecule has 1 heterocycles. The van der Waals surface area contributed by atoms with Crippen molar-refractivity contribution in [1.29, 1.82) is 0 Å². The predicted octanol–water partition coefficient (Wildman–Crippen LogP) is 3.19.